The largest absolute Gasteiger partial charge is 0.103 e. The first-order valence-electron chi connectivity index (χ1n) is 5.84. The minimum atomic E-state index is 1.08. The molecule has 0 fully saturated rings. The molecule has 77 valence electrons. The minimum Gasteiger partial charge on any atom is -0.103 e. The molecule has 0 aliphatic rings. The van der Waals surface area contributed by atoms with Crippen molar-refractivity contribution < 1.29 is 0 Å². The Morgan fingerprint density at radius 3 is 2.15 bits per heavy atom. The van der Waals surface area contributed by atoms with Gasteiger partial charge in [0.15, 0.2) is 0 Å². The van der Waals surface area contributed by atoms with E-state index in [1.54, 1.807) is 0 Å². The van der Waals surface area contributed by atoms with Crippen LogP contribution in [-0.4, -0.2) is 0 Å². The Balaban J connectivity index is 2.79. The fourth-order valence-corrected chi connectivity index (χ4v) is 1.48. The Morgan fingerprint density at radius 2 is 1.54 bits per heavy atom. The molecule has 0 amide bonds. The zero-order chi connectivity index (χ0) is 9.78. The first kappa shape index (κ1) is 12.7. The van der Waals surface area contributed by atoms with Crippen LogP contribution < -0.4 is 0 Å². The van der Waals surface area contributed by atoms with Crippen LogP contribution in [0.3, 0.4) is 0 Å². The van der Waals surface area contributed by atoms with Crippen LogP contribution in [0.1, 0.15) is 64.7 Å². The average molecular weight is 181 g/mol. The van der Waals surface area contributed by atoms with Crippen molar-refractivity contribution in [3.8, 4) is 0 Å². The predicted octanol–water partition coefficient (Wildman–Crippen LogP) is 4.91. The summed E-state index contributed by atoms with van der Waals surface area (Å²) in [5, 5.41) is 0. The highest BCUT2D eigenvalue weighted by molar-refractivity contribution is 4.77. The Bertz CT molecular complexity index is 94.2. The fourth-order valence-electron chi connectivity index (χ4n) is 1.48. The molecule has 0 aromatic rings. The van der Waals surface area contributed by atoms with Gasteiger partial charge in [-0.05, 0) is 19.3 Å². The highest BCUT2D eigenvalue weighted by atomic mass is 14.0. The normalized spacial score (nSPS) is 10.2. The molecule has 0 unspecified atom stereocenters. The van der Waals surface area contributed by atoms with Crippen molar-refractivity contribution in [3.05, 3.63) is 19.1 Å². The Kier molecular flexibility index (Phi) is 11.5. The Labute approximate surface area is 84.4 Å². The van der Waals surface area contributed by atoms with E-state index >= 15 is 0 Å². The summed E-state index contributed by atoms with van der Waals surface area (Å²) in [6.07, 6.45) is 16.5. The lowest BCUT2D eigenvalue weighted by atomic mass is 10.1. The van der Waals surface area contributed by atoms with Crippen molar-refractivity contribution in [1.82, 2.24) is 0 Å². The number of hydrogen-bond donors (Lipinski definition) is 0. The molecule has 1 radical (unpaired) electrons. The van der Waals surface area contributed by atoms with Crippen LogP contribution >= 0.6 is 0 Å². The van der Waals surface area contributed by atoms with Gasteiger partial charge in [-0.2, -0.15) is 0 Å². The molecule has 0 saturated carbocycles. The lowest BCUT2D eigenvalue weighted by Crippen LogP contribution is -1.80. The quantitative estimate of drug-likeness (QED) is 0.332. The van der Waals surface area contributed by atoms with Crippen LogP contribution in [0, 0.1) is 6.42 Å². The lowest BCUT2D eigenvalue weighted by Gasteiger charge is -2.00. The van der Waals surface area contributed by atoms with Gasteiger partial charge in [0.05, 0.1) is 0 Å². The summed E-state index contributed by atoms with van der Waals surface area (Å²) in [5.41, 5.74) is 0. The van der Waals surface area contributed by atoms with Gasteiger partial charge in [0.1, 0.15) is 0 Å². The van der Waals surface area contributed by atoms with Crippen molar-refractivity contribution >= 4 is 0 Å². The third kappa shape index (κ3) is 11.7. The zero-order valence-corrected chi connectivity index (χ0v) is 9.23. The highest BCUT2D eigenvalue weighted by Gasteiger charge is 1.90. The van der Waals surface area contributed by atoms with Gasteiger partial charge in [0.2, 0.25) is 0 Å². The second kappa shape index (κ2) is 11.7. The summed E-state index contributed by atoms with van der Waals surface area (Å²) in [6.45, 7) is 5.97. The molecule has 0 bridgehead atoms. The molecule has 0 aromatic heterocycles. The summed E-state index contributed by atoms with van der Waals surface area (Å²) in [4.78, 5) is 0. The van der Waals surface area contributed by atoms with E-state index in [0.717, 1.165) is 6.42 Å². The number of unbranched alkanes of at least 4 members (excludes halogenated alkanes) is 9. The summed E-state index contributed by atoms with van der Waals surface area (Å²) >= 11 is 0. The van der Waals surface area contributed by atoms with E-state index in [9.17, 15) is 0 Å². The van der Waals surface area contributed by atoms with Crippen LogP contribution in [-0.2, 0) is 0 Å². The van der Waals surface area contributed by atoms with Crippen molar-refractivity contribution in [1.29, 1.82) is 0 Å². The van der Waals surface area contributed by atoms with Crippen molar-refractivity contribution in [3.63, 3.8) is 0 Å². The molecule has 0 aliphatic carbocycles. The molecule has 0 heteroatoms. The van der Waals surface area contributed by atoms with Crippen LogP contribution in [0.25, 0.3) is 0 Å². The SMILES string of the molecule is C=CC[CH]CCCCCCCCC. The summed E-state index contributed by atoms with van der Waals surface area (Å²) in [5.74, 6) is 0. The van der Waals surface area contributed by atoms with Gasteiger partial charge in [-0.15, -0.1) is 6.58 Å². The van der Waals surface area contributed by atoms with Crippen molar-refractivity contribution in [2.24, 2.45) is 0 Å². The molecule has 0 aromatic carbocycles. The number of rotatable bonds is 10. The van der Waals surface area contributed by atoms with Gasteiger partial charge in [0, 0.05) is 0 Å². The maximum absolute atomic E-state index is 3.70. The van der Waals surface area contributed by atoms with Gasteiger partial charge in [-0.1, -0.05) is 57.9 Å². The molecule has 0 nitrogen and oxygen atoms in total. The number of hydrogen-bond acceptors (Lipinski definition) is 0. The van der Waals surface area contributed by atoms with Gasteiger partial charge < -0.3 is 0 Å². The molecular formula is C13H25. The van der Waals surface area contributed by atoms with Crippen LogP contribution in [0.15, 0.2) is 12.7 Å². The fraction of sp³-hybridized carbons (Fsp3) is 0.769. The van der Waals surface area contributed by atoms with E-state index in [2.05, 4.69) is 19.9 Å². The average Bonchev–Trinajstić information content (AvgIpc) is 2.16. The maximum Gasteiger partial charge on any atom is -0.0322 e. The second-order valence-corrected chi connectivity index (χ2v) is 3.72. The summed E-state index contributed by atoms with van der Waals surface area (Å²) in [6, 6.07) is 0. The third-order valence-corrected chi connectivity index (χ3v) is 2.35. The van der Waals surface area contributed by atoms with E-state index in [4.69, 9.17) is 0 Å². The van der Waals surface area contributed by atoms with Crippen LogP contribution in [0.2, 0.25) is 0 Å². The van der Waals surface area contributed by atoms with Gasteiger partial charge in [-0.25, -0.2) is 0 Å². The van der Waals surface area contributed by atoms with Crippen LogP contribution in [0.4, 0.5) is 0 Å². The molecule has 0 spiro atoms. The topological polar surface area (TPSA) is 0 Å². The van der Waals surface area contributed by atoms with E-state index < -0.39 is 0 Å². The minimum absolute atomic E-state index is 1.08. The molecule has 0 heterocycles. The zero-order valence-electron chi connectivity index (χ0n) is 9.23. The van der Waals surface area contributed by atoms with E-state index in [-0.39, 0.29) is 0 Å². The van der Waals surface area contributed by atoms with Crippen LogP contribution in [0.5, 0.6) is 0 Å². The Hall–Kier alpha value is -0.260. The smallest absolute Gasteiger partial charge is 0.0322 e. The molecular weight excluding hydrogens is 156 g/mol. The maximum atomic E-state index is 3.70. The summed E-state index contributed by atoms with van der Waals surface area (Å²) < 4.78 is 0. The summed E-state index contributed by atoms with van der Waals surface area (Å²) in [7, 11) is 0. The molecule has 0 atom stereocenters. The number of allylic oxidation sites excluding steroid dienone is 1. The lowest BCUT2D eigenvalue weighted by molar-refractivity contribution is 0.586. The molecule has 0 aliphatic heterocycles. The van der Waals surface area contributed by atoms with Crippen molar-refractivity contribution in [2.45, 2.75) is 64.7 Å². The monoisotopic (exact) mass is 181 g/mol. The van der Waals surface area contributed by atoms with Gasteiger partial charge in [-0.3, -0.25) is 0 Å². The van der Waals surface area contributed by atoms with Gasteiger partial charge >= 0.3 is 0 Å². The molecule has 0 N–H and O–H groups in total. The second-order valence-electron chi connectivity index (χ2n) is 3.72. The standard InChI is InChI=1S/C13H25/c1-3-5-7-9-11-13-12-10-8-6-4-2/h3,7H,1,4-6,8-13H2,2H3. The molecule has 0 saturated heterocycles. The molecule has 13 heavy (non-hydrogen) atoms. The van der Waals surface area contributed by atoms with E-state index in [1.807, 2.05) is 6.08 Å². The first-order valence-corrected chi connectivity index (χ1v) is 5.84. The van der Waals surface area contributed by atoms with Crippen molar-refractivity contribution in [2.75, 3.05) is 0 Å². The molecule has 0 rings (SSSR count). The predicted molar refractivity (Wildman–Crippen MR) is 61.7 cm³/mol. The Morgan fingerprint density at radius 1 is 0.923 bits per heavy atom. The highest BCUT2D eigenvalue weighted by Crippen LogP contribution is 2.09. The van der Waals surface area contributed by atoms with Gasteiger partial charge in [0.25, 0.3) is 0 Å². The van der Waals surface area contributed by atoms with E-state index in [1.165, 1.54) is 51.4 Å². The van der Waals surface area contributed by atoms with E-state index in [0.29, 0.717) is 0 Å². The first-order chi connectivity index (χ1) is 6.41. The third-order valence-electron chi connectivity index (χ3n) is 2.35.